The lowest BCUT2D eigenvalue weighted by Crippen LogP contribution is -2.47. The molecule has 0 unspecified atom stereocenters. The minimum atomic E-state index is -0.195. The van der Waals surface area contributed by atoms with Crippen LogP contribution in [-0.4, -0.2) is 47.9 Å². The van der Waals surface area contributed by atoms with E-state index in [1.54, 1.807) is 11.5 Å². The number of halogens is 2. The summed E-state index contributed by atoms with van der Waals surface area (Å²) in [7, 11) is 0. The van der Waals surface area contributed by atoms with Crippen LogP contribution in [0.5, 0.6) is 0 Å². The van der Waals surface area contributed by atoms with Gasteiger partial charge in [0.15, 0.2) is 0 Å². The molecule has 2 aromatic carbocycles. The maximum absolute atomic E-state index is 12.0. The molecular weight excluding hydrogens is 463 g/mol. The quantitative estimate of drug-likeness (QED) is 0.534. The number of fused-ring (bicyclic) bond motifs is 2. The van der Waals surface area contributed by atoms with Crippen LogP contribution in [0.1, 0.15) is 31.4 Å². The number of benzene rings is 2. The number of nitrogens with one attached hydrogen (secondary N) is 1. The number of rotatable bonds is 4. The van der Waals surface area contributed by atoms with Gasteiger partial charge in [0, 0.05) is 49.9 Å². The molecule has 0 spiro atoms. The Kier molecular flexibility index (Phi) is 6.68. The minimum Gasteiger partial charge on any atom is -0.353 e. The highest BCUT2D eigenvalue weighted by atomic mass is 35.5. The molecule has 5 nitrogen and oxygen atoms in total. The molecule has 0 bridgehead atoms. The molecular formula is C24H28Cl2N4OS. The van der Waals surface area contributed by atoms with Gasteiger partial charge in [-0.05, 0) is 47.3 Å². The third kappa shape index (κ3) is 4.46. The zero-order valence-electron chi connectivity index (χ0n) is 18.4. The van der Waals surface area contributed by atoms with Crippen molar-refractivity contribution in [2.45, 2.75) is 32.1 Å². The molecule has 1 N–H and O–H groups in total. The fourth-order valence-corrected chi connectivity index (χ4v) is 5.80. The van der Waals surface area contributed by atoms with Gasteiger partial charge in [-0.25, -0.2) is 0 Å². The van der Waals surface area contributed by atoms with Gasteiger partial charge in [0.1, 0.15) is 5.82 Å². The molecule has 5 rings (SSSR count). The molecule has 2 aliphatic rings. The van der Waals surface area contributed by atoms with Crippen molar-refractivity contribution in [3.8, 4) is 0 Å². The zero-order valence-corrected chi connectivity index (χ0v) is 20.7. The predicted octanol–water partition coefficient (Wildman–Crippen LogP) is 5.36. The van der Waals surface area contributed by atoms with Crippen molar-refractivity contribution in [2.24, 2.45) is 0 Å². The molecule has 8 heteroatoms. The summed E-state index contributed by atoms with van der Waals surface area (Å²) >= 11 is 8.13. The Morgan fingerprint density at radius 2 is 1.91 bits per heavy atom. The fraction of sp³-hybridized carbons (Fsp3) is 0.417. The summed E-state index contributed by atoms with van der Waals surface area (Å²) in [5.41, 5.74) is 2.98. The second-order valence-electron chi connectivity index (χ2n) is 9.19. The van der Waals surface area contributed by atoms with Gasteiger partial charge in [-0.2, -0.15) is 4.37 Å². The summed E-state index contributed by atoms with van der Waals surface area (Å²) in [5, 5.41) is 4.87. The Morgan fingerprint density at radius 1 is 1.16 bits per heavy atom. The molecule has 2 aliphatic heterocycles. The van der Waals surface area contributed by atoms with Gasteiger partial charge in [-0.1, -0.05) is 43.6 Å². The number of amides is 1. The highest BCUT2D eigenvalue weighted by Crippen LogP contribution is 2.41. The first-order valence-electron chi connectivity index (χ1n) is 10.9. The standard InChI is InChI=1S/C24H27ClN4OS.ClH/c1-24(2)15-21(30)26-22-18(24)13-16(14-19(22)25)7-8-28-9-11-29(12-10-28)23-17-5-3-4-6-20(17)31-27-23;/h3-6,13-14H,7-12,15H2,1-2H3,(H,26,30);1H. The van der Waals surface area contributed by atoms with Crippen LogP contribution in [-0.2, 0) is 16.6 Å². The van der Waals surface area contributed by atoms with E-state index in [0.29, 0.717) is 11.4 Å². The lowest BCUT2D eigenvalue weighted by atomic mass is 9.77. The van der Waals surface area contributed by atoms with E-state index in [1.807, 2.05) is 6.07 Å². The Labute approximate surface area is 204 Å². The van der Waals surface area contributed by atoms with Crippen LogP contribution in [0, 0.1) is 0 Å². The summed E-state index contributed by atoms with van der Waals surface area (Å²) in [4.78, 5) is 16.9. The van der Waals surface area contributed by atoms with E-state index in [4.69, 9.17) is 16.0 Å². The van der Waals surface area contributed by atoms with Crippen LogP contribution >= 0.6 is 35.5 Å². The van der Waals surface area contributed by atoms with Crippen LogP contribution in [0.15, 0.2) is 36.4 Å². The molecule has 32 heavy (non-hydrogen) atoms. The van der Waals surface area contributed by atoms with Gasteiger partial charge < -0.3 is 10.2 Å². The van der Waals surface area contributed by atoms with Crippen LogP contribution < -0.4 is 10.2 Å². The molecule has 0 atom stereocenters. The van der Waals surface area contributed by atoms with Gasteiger partial charge in [0.2, 0.25) is 5.91 Å². The normalized spacial score (nSPS) is 18.2. The monoisotopic (exact) mass is 490 g/mol. The average molecular weight is 491 g/mol. The van der Waals surface area contributed by atoms with E-state index in [2.05, 4.69) is 59.3 Å². The van der Waals surface area contributed by atoms with E-state index >= 15 is 0 Å². The van der Waals surface area contributed by atoms with Crippen LogP contribution in [0.2, 0.25) is 5.02 Å². The molecule has 0 saturated carbocycles. The molecule has 1 saturated heterocycles. The van der Waals surface area contributed by atoms with Crippen molar-refractivity contribution in [3.05, 3.63) is 52.5 Å². The summed E-state index contributed by atoms with van der Waals surface area (Å²) in [6, 6.07) is 12.7. The second kappa shape index (κ2) is 9.18. The van der Waals surface area contributed by atoms with Gasteiger partial charge in [-0.3, -0.25) is 9.69 Å². The van der Waals surface area contributed by atoms with Crippen LogP contribution in [0.3, 0.4) is 0 Å². The summed E-state index contributed by atoms with van der Waals surface area (Å²) in [5.74, 6) is 1.17. The molecule has 0 radical (unpaired) electrons. The summed E-state index contributed by atoms with van der Waals surface area (Å²) < 4.78 is 5.96. The Bertz CT molecular complexity index is 1140. The highest BCUT2D eigenvalue weighted by molar-refractivity contribution is 7.13. The fourth-order valence-electron chi connectivity index (χ4n) is 4.72. The summed E-state index contributed by atoms with van der Waals surface area (Å²) in [6.07, 6.45) is 1.45. The first kappa shape index (κ1) is 23.3. The molecule has 1 fully saturated rings. The van der Waals surface area contributed by atoms with Gasteiger partial charge >= 0.3 is 0 Å². The Hall–Kier alpha value is -1.86. The number of hydrogen-bond acceptors (Lipinski definition) is 5. The number of piperazine rings is 1. The maximum atomic E-state index is 12.0. The van der Waals surface area contributed by atoms with Crippen molar-refractivity contribution in [2.75, 3.05) is 42.9 Å². The Balaban J connectivity index is 0.00000245. The topological polar surface area (TPSA) is 48.5 Å². The lowest BCUT2D eigenvalue weighted by Gasteiger charge is -2.35. The van der Waals surface area contributed by atoms with Crippen molar-refractivity contribution in [1.82, 2.24) is 9.27 Å². The van der Waals surface area contributed by atoms with Crippen LogP contribution in [0.4, 0.5) is 11.5 Å². The first-order chi connectivity index (χ1) is 14.9. The van der Waals surface area contributed by atoms with Crippen LogP contribution in [0.25, 0.3) is 10.1 Å². The molecule has 3 aromatic rings. The molecule has 1 aromatic heterocycles. The number of nitrogens with zero attached hydrogens (tertiary/aromatic N) is 3. The van der Waals surface area contributed by atoms with E-state index in [9.17, 15) is 4.79 Å². The number of carbonyl (C=O) groups is 1. The molecule has 3 heterocycles. The first-order valence-corrected chi connectivity index (χ1v) is 12.0. The van der Waals surface area contributed by atoms with Crippen molar-refractivity contribution >= 4 is 63.0 Å². The third-order valence-electron chi connectivity index (χ3n) is 6.49. The average Bonchev–Trinajstić information content (AvgIpc) is 3.17. The number of carbonyl (C=O) groups excluding carboxylic acids is 1. The van der Waals surface area contributed by atoms with E-state index in [0.717, 1.165) is 56.2 Å². The molecule has 170 valence electrons. The van der Waals surface area contributed by atoms with Crippen molar-refractivity contribution in [3.63, 3.8) is 0 Å². The Morgan fingerprint density at radius 3 is 2.69 bits per heavy atom. The van der Waals surface area contributed by atoms with Crippen molar-refractivity contribution in [1.29, 1.82) is 0 Å². The lowest BCUT2D eigenvalue weighted by molar-refractivity contribution is -0.117. The van der Waals surface area contributed by atoms with Gasteiger partial charge in [0.05, 0.1) is 15.4 Å². The van der Waals surface area contributed by atoms with Gasteiger partial charge in [0.25, 0.3) is 0 Å². The van der Waals surface area contributed by atoms with Crippen molar-refractivity contribution < 1.29 is 4.79 Å². The maximum Gasteiger partial charge on any atom is 0.225 e. The highest BCUT2D eigenvalue weighted by Gasteiger charge is 2.33. The third-order valence-corrected chi connectivity index (χ3v) is 7.61. The SMILES string of the molecule is CC1(C)CC(=O)Nc2c(Cl)cc(CCN3CCN(c4nsc5ccccc45)CC3)cc21.Cl. The molecule has 0 aliphatic carbocycles. The largest absolute Gasteiger partial charge is 0.353 e. The second-order valence-corrected chi connectivity index (χ2v) is 10.4. The van der Waals surface area contributed by atoms with E-state index in [1.165, 1.54) is 15.6 Å². The number of anilines is 2. The summed E-state index contributed by atoms with van der Waals surface area (Å²) in [6.45, 7) is 9.30. The van der Waals surface area contributed by atoms with E-state index in [-0.39, 0.29) is 23.7 Å². The van der Waals surface area contributed by atoms with E-state index < -0.39 is 0 Å². The predicted molar refractivity (Wildman–Crippen MR) is 137 cm³/mol. The molecule has 1 amide bonds. The zero-order chi connectivity index (χ0) is 21.6. The van der Waals surface area contributed by atoms with Gasteiger partial charge in [-0.15, -0.1) is 12.4 Å². The number of hydrogen-bond donors (Lipinski definition) is 1. The number of aromatic nitrogens is 1. The smallest absolute Gasteiger partial charge is 0.225 e. The minimum absolute atomic E-state index is 0.